The first kappa shape index (κ1) is 25.7. The average Bonchev–Trinajstić information content (AvgIpc) is 2.97. The lowest BCUT2D eigenvalue weighted by atomic mass is 10.1. The Balaban J connectivity index is 1.66. The van der Waals surface area contributed by atoms with Crippen LogP contribution in [0.5, 0.6) is 0 Å². The topological polar surface area (TPSA) is 96.0 Å². The molecule has 4 rings (SSSR count). The fraction of sp³-hybridized carbons (Fsp3) is 0.440. The summed E-state index contributed by atoms with van der Waals surface area (Å²) < 4.78 is 33.2. The molecule has 2 aliphatic rings. The van der Waals surface area contributed by atoms with Gasteiger partial charge in [0.25, 0.3) is 0 Å². The Bertz CT molecular complexity index is 1230. The van der Waals surface area contributed by atoms with Gasteiger partial charge in [0.2, 0.25) is 21.8 Å². The molecule has 0 saturated carbocycles. The molecule has 1 atom stereocenters. The van der Waals surface area contributed by atoms with Crippen molar-refractivity contribution in [2.75, 3.05) is 48.8 Å². The summed E-state index contributed by atoms with van der Waals surface area (Å²) in [5, 5.41) is 2.98. The van der Waals surface area contributed by atoms with Crippen molar-refractivity contribution in [3.8, 4) is 0 Å². The lowest BCUT2D eigenvalue weighted by molar-refractivity contribution is -0.123. The van der Waals surface area contributed by atoms with Gasteiger partial charge in [0.15, 0.2) is 0 Å². The standard InChI is InChI=1S/C25H31N3O5S2/c1-4-19-7-5-6-17(2)24(19)26-23(29)15-28-21-14-20(35(31,32)27-10-12-33-13-11-27)8-9-22(21)34-16-18(3)25(28)30/h5-9,14,18H,4,10-13,15-16H2,1-3H3,(H,26,29). The molecular weight excluding hydrogens is 486 g/mol. The number of benzene rings is 2. The third-order valence-electron chi connectivity index (χ3n) is 6.31. The van der Waals surface area contributed by atoms with Crippen LogP contribution in [0, 0.1) is 12.8 Å². The molecule has 2 heterocycles. The third kappa shape index (κ3) is 5.40. The van der Waals surface area contributed by atoms with Crippen LogP contribution in [0.25, 0.3) is 0 Å². The van der Waals surface area contributed by atoms with E-state index in [4.69, 9.17) is 4.74 Å². The van der Waals surface area contributed by atoms with Gasteiger partial charge in [-0.1, -0.05) is 32.0 Å². The van der Waals surface area contributed by atoms with E-state index in [1.54, 1.807) is 12.1 Å². The normalized spacial score (nSPS) is 19.2. The third-order valence-corrected chi connectivity index (χ3v) is 9.53. The van der Waals surface area contributed by atoms with E-state index < -0.39 is 10.0 Å². The van der Waals surface area contributed by atoms with Gasteiger partial charge in [-0.2, -0.15) is 4.31 Å². The van der Waals surface area contributed by atoms with Crippen LogP contribution in [0.2, 0.25) is 0 Å². The van der Waals surface area contributed by atoms with Crippen LogP contribution in [0.4, 0.5) is 11.4 Å². The van der Waals surface area contributed by atoms with Crippen molar-refractivity contribution in [1.29, 1.82) is 0 Å². The zero-order valence-corrected chi connectivity index (χ0v) is 21.9. The van der Waals surface area contributed by atoms with Gasteiger partial charge in [-0.25, -0.2) is 8.42 Å². The van der Waals surface area contributed by atoms with Crippen LogP contribution in [-0.4, -0.2) is 63.1 Å². The fourth-order valence-electron chi connectivity index (χ4n) is 4.29. The van der Waals surface area contributed by atoms with Gasteiger partial charge in [0, 0.05) is 35.3 Å². The number of aryl methyl sites for hydroxylation is 2. The summed E-state index contributed by atoms with van der Waals surface area (Å²) in [4.78, 5) is 28.8. The van der Waals surface area contributed by atoms with Crippen LogP contribution < -0.4 is 10.2 Å². The van der Waals surface area contributed by atoms with Gasteiger partial charge in [-0.3, -0.25) is 9.59 Å². The molecular formula is C25H31N3O5S2. The number of amides is 2. The monoisotopic (exact) mass is 517 g/mol. The summed E-state index contributed by atoms with van der Waals surface area (Å²) in [7, 11) is -3.75. The molecule has 2 aromatic carbocycles. The molecule has 35 heavy (non-hydrogen) atoms. The SMILES string of the molecule is CCc1cccc(C)c1NC(=O)CN1C(=O)C(C)CSc2ccc(S(=O)(=O)N3CCOCC3)cc21. The van der Waals surface area contributed by atoms with E-state index in [9.17, 15) is 18.0 Å². The Labute approximate surface area is 211 Å². The maximum absolute atomic E-state index is 13.3. The number of nitrogens with one attached hydrogen (secondary N) is 1. The Hall–Kier alpha value is -2.40. The molecule has 0 spiro atoms. The molecule has 2 aliphatic heterocycles. The number of nitrogens with zero attached hydrogens (tertiary/aromatic N) is 2. The van der Waals surface area contributed by atoms with Crippen molar-refractivity contribution in [3.05, 3.63) is 47.5 Å². The first-order chi connectivity index (χ1) is 16.7. The molecule has 0 bridgehead atoms. The van der Waals surface area contributed by atoms with E-state index in [0.717, 1.165) is 28.1 Å². The Morgan fingerprint density at radius 1 is 1.20 bits per heavy atom. The summed E-state index contributed by atoms with van der Waals surface area (Å²) in [5.74, 6) is -0.289. The van der Waals surface area contributed by atoms with E-state index in [-0.39, 0.29) is 42.3 Å². The Kier molecular flexibility index (Phi) is 7.85. The number of ether oxygens (including phenoxy) is 1. The van der Waals surface area contributed by atoms with E-state index in [0.29, 0.717) is 24.7 Å². The molecule has 1 unspecified atom stereocenters. The molecule has 8 nitrogen and oxygen atoms in total. The Morgan fingerprint density at radius 3 is 2.66 bits per heavy atom. The van der Waals surface area contributed by atoms with Crippen molar-refractivity contribution in [2.45, 2.75) is 37.0 Å². The van der Waals surface area contributed by atoms with E-state index in [1.165, 1.54) is 27.0 Å². The van der Waals surface area contributed by atoms with Gasteiger partial charge in [0.05, 0.1) is 23.8 Å². The quantitative estimate of drug-likeness (QED) is 0.632. The first-order valence-corrected chi connectivity index (χ1v) is 14.2. The predicted molar refractivity (Wildman–Crippen MR) is 137 cm³/mol. The van der Waals surface area contributed by atoms with Crippen LogP contribution in [0.15, 0.2) is 46.2 Å². The summed E-state index contributed by atoms with van der Waals surface area (Å²) in [6, 6.07) is 10.7. The highest BCUT2D eigenvalue weighted by Gasteiger charge is 2.33. The van der Waals surface area contributed by atoms with Crippen molar-refractivity contribution in [3.63, 3.8) is 0 Å². The lowest BCUT2D eigenvalue weighted by Gasteiger charge is -2.28. The second kappa shape index (κ2) is 10.7. The molecule has 0 aliphatic carbocycles. The number of carbonyl (C=O) groups excluding carboxylic acids is 2. The number of morpholine rings is 1. The van der Waals surface area contributed by atoms with Crippen molar-refractivity contribution in [2.24, 2.45) is 5.92 Å². The second-order valence-corrected chi connectivity index (χ2v) is 11.8. The minimum absolute atomic E-state index is 0.110. The van der Waals surface area contributed by atoms with Crippen LogP contribution >= 0.6 is 11.8 Å². The number of rotatable bonds is 6. The van der Waals surface area contributed by atoms with Gasteiger partial charge in [-0.05, 0) is 42.7 Å². The molecule has 188 valence electrons. The fourth-order valence-corrected chi connectivity index (χ4v) is 6.77. The maximum Gasteiger partial charge on any atom is 0.244 e. The molecule has 0 aromatic heterocycles. The average molecular weight is 518 g/mol. The molecule has 2 aromatic rings. The summed E-state index contributed by atoms with van der Waals surface area (Å²) in [6.45, 7) is 6.85. The molecule has 1 saturated heterocycles. The van der Waals surface area contributed by atoms with Crippen LogP contribution in [0.1, 0.15) is 25.0 Å². The number of hydrogen-bond acceptors (Lipinski definition) is 6. The molecule has 0 radical (unpaired) electrons. The number of fused-ring (bicyclic) bond motifs is 1. The van der Waals surface area contributed by atoms with E-state index >= 15 is 0 Å². The predicted octanol–water partition coefficient (Wildman–Crippen LogP) is 3.29. The van der Waals surface area contributed by atoms with Gasteiger partial charge in [0.1, 0.15) is 6.54 Å². The highest BCUT2D eigenvalue weighted by Crippen LogP contribution is 2.38. The minimum atomic E-state index is -3.75. The van der Waals surface area contributed by atoms with Crippen molar-refractivity contribution in [1.82, 2.24) is 4.31 Å². The van der Waals surface area contributed by atoms with Gasteiger partial charge >= 0.3 is 0 Å². The maximum atomic E-state index is 13.3. The number of anilines is 2. The number of hydrogen-bond donors (Lipinski definition) is 1. The smallest absolute Gasteiger partial charge is 0.244 e. The number of thioether (sulfide) groups is 1. The van der Waals surface area contributed by atoms with Crippen molar-refractivity contribution >= 4 is 45.0 Å². The summed E-state index contributed by atoms with van der Waals surface area (Å²) in [5.41, 5.74) is 3.18. The van der Waals surface area contributed by atoms with Crippen molar-refractivity contribution < 1.29 is 22.7 Å². The lowest BCUT2D eigenvalue weighted by Crippen LogP contribution is -2.42. The van der Waals surface area contributed by atoms with E-state index in [1.807, 2.05) is 39.0 Å². The van der Waals surface area contributed by atoms with Crippen LogP contribution in [0.3, 0.4) is 0 Å². The summed E-state index contributed by atoms with van der Waals surface area (Å²) >= 11 is 1.50. The van der Waals surface area contributed by atoms with Gasteiger partial charge < -0.3 is 15.0 Å². The number of carbonyl (C=O) groups is 2. The van der Waals surface area contributed by atoms with Gasteiger partial charge in [-0.15, -0.1) is 11.8 Å². The highest BCUT2D eigenvalue weighted by atomic mass is 32.2. The number of sulfonamides is 1. The molecule has 10 heteroatoms. The molecule has 1 N–H and O–H groups in total. The second-order valence-electron chi connectivity index (χ2n) is 8.79. The summed E-state index contributed by atoms with van der Waals surface area (Å²) in [6.07, 6.45) is 0.763. The zero-order chi connectivity index (χ0) is 25.2. The molecule has 2 amide bonds. The number of para-hydroxylation sites is 1. The first-order valence-electron chi connectivity index (χ1n) is 11.8. The minimum Gasteiger partial charge on any atom is -0.379 e. The zero-order valence-electron chi connectivity index (χ0n) is 20.2. The van der Waals surface area contributed by atoms with Crippen LogP contribution in [-0.2, 0) is 30.8 Å². The molecule has 1 fully saturated rings. The largest absolute Gasteiger partial charge is 0.379 e. The Morgan fingerprint density at radius 2 is 1.94 bits per heavy atom. The highest BCUT2D eigenvalue weighted by molar-refractivity contribution is 7.99. The van der Waals surface area contributed by atoms with E-state index in [2.05, 4.69) is 5.32 Å².